The molecular formula is C14H9FN2O4. The van der Waals surface area contributed by atoms with Crippen molar-refractivity contribution >= 4 is 17.3 Å². The van der Waals surface area contributed by atoms with Gasteiger partial charge < -0.3 is 10.1 Å². The number of hydrogen-bond acceptors (Lipinski definition) is 5. The van der Waals surface area contributed by atoms with Crippen LogP contribution in [0.2, 0.25) is 0 Å². The Morgan fingerprint density at radius 1 is 1.24 bits per heavy atom. The lowest BCUT2D eigenvalue weighted by molar-refractivity contribution is -0.384. The van der Waals surface area contributed by atoms with E-state index < -0.39 is 28.6 Å². The van der Waals surface area contributed by atoms with Crippen LogP contribution >= 0.6 is 0 Å². The molecule has 0 saturated carbocycles. The van der Waals surface area contributed by atoms with E-state index in [1.165, 1.54) is 6.07 Å². The maximum absolute atomic E-state index is 13.1. The Morgan fingerprint density at radius 2 is 2.00 bits per heavy atom. The van der Waals surface area contributed by atoms with E-state index in [0.29, 0.717) is 11.1 Å². The quantitative estimate of drug-likeness (QED) is 0.533. The van der Waals surface area contributed by atoms with Crippen LogP contribution in [0.25, 0.3) is 0 Å². The van der Waals surface area contributed by atoms with Crippen LogP contribution in [-0.2, 0) is 4.74 Å². The first-order chi connectivity index (χ1) is 10.1. The molecule has 6 nitrogen and oxygen atoms in total. The van der Waals surface area contributed by atoms with Crippen LogP contribution in [0.4, 0.5) is 15.8 Å². The highest BCUT2D eigenvalue weighted by atomic mass is 19.1. The number of nitrogens with zero attached hydrogens (tertiary/aromatic N) is 1. The molecule has 0 bridgehead atoms. The van der Waals surface area contributed by atoms with E-state index in [1.807, 2.05) is 0 Å². The number of nitro groups is 1. The first-order valence-electron chi connectivity index (χ1n) is 6.06. The van der Waals surface area contributed by atoms with Crippen molar-refractivity contribution in [3.63, 3.8) is 0 Å². The van der Waals surface area contributed by atoms with E-state index in [0.717, 1.165) is 12.1 Å². The lowest BCUT2D eigenvalue weighted by atomic mass is 10.1. The van der Waals surface area contributed by atoms with Gasteiger partial charge in [0.1, 0.15) is 11.5 Å². The Balaban J connectivity index is 1.96. The number of rotatable bonds is 3. The van der Waals surface area contributed by atoms with E-state index in [2.05, 4.69) is 5.32 Å². The molecule has 1 atom stereocenters. The summed E-state index contributed by atoms with van der Waals surface area (Å²) in [6, 6.07) is 9.87. The number of halogens is 1. The highest BCUT2D eigenvalue weighted by Crippen LogP contribution is 2.34. The smallest absolute Gasteiger partial charge is 0.340 e. The number of nitro benzene ring substituents is 1. The minimum Gasteiger partial charge on any atom is -0.434 e. The van der Waals surface area contributed by atoms with Crippen molar-refractivity contribution in [3.8, 4) is 0 Å². The monoisotopic (exact) mass is 288 g/mol. The lowest BCUT2D eigenvalue weighted by Gasteiger charge is -2.14. The fraction of sp³-hybridized carbons (Fsp3) is 0.0714. The van der Waals surface area contributed by atoms with Gasteiger partial charge in [0.2, 0.25) is 6.23 Å². The third-order valence-corrected chi connectivity index (χ3v) is 3.13. The van der Waals surface area contributed by atoms with Crippen molar-refractivity contribution in [2.45, 2.75) is 6.23 Å². The van der Waals surface area contributed by atoms with Crippen molar-refractivity contribution in [3.05, 3.63) is 69.5 Å². The fourth-order valence-electron chi connectivity index (χ4n) is 2.17. The number of ether oxygens (including phenoxy) is 1. The topological polar surface area (TPSA) is 81.5 Å². The normalized spacial score (nSPS) is 16.2. The second-order valence-electron chi connectivity index (χ2n) is 4.44. The number of fused-ring (bicyclic) bond motifs is 1. The Bertz CT molecular complexity index is 748. The van der Waals surface area contributed by atoms with Gasteiger partial charge in [0, 0.05) is 5.56 Å². The van der Waals surface area contributed by atoms with Gasteiger partial charge in [-0.15, -0.1) is 0 Å². The summed E-state index contributed by atoms with van der Waals surface area (Å²) in [5.74, 6) is -1.22. The summed E-state index contributed by atoms with van der Waals surface area (Å²) < 4.78 is 18.2. The minimum absolute atomic E-state index is 0.0795. The van der Waals surface area contributed by atoms with Crippen molar-refractivity contribution in [2.24, 2.45) is 0 Å². The predicted molar refractivity (Wildman–Crippen MR) is 71.3 cm³/mol. The van der Waals surface area contributed by atoms with E-state index in [-0.39, 0.29) is 5.69 Å². The molecule has 1 heterocycles. The number of cyclic esters (lactones) is 1. The Kier molecular flexibility index (Phi) is 3.02. The molecule has 0 unspecified atom stereocenters. The first kappa shape index (κ1) is 13.0. The molecule has 2 aromatic carbocycles. The van der Waals surface area contributed by atoms with E-state index in [1.54, 1.807) is 24.3 Å². The maximum Gasteiger partial charge on any atom is 0.340 e. The highest BCUT2D eigenvalue weighted by molar-refractivity contribution is 5.94. The van der Waals surface area contributed by atoms with Crippen molar-refractivity contribution in [2.75, 3.05) is 5.32 Å². The molecule has 2 aromatic rings. The van der Waals surface area contributed by atoms with Gasteiger partial charge in [-0.05, 0) is 18.2 Å². The van der Waals surface area contributed by atoms with Crippen LogP contribution in [-0.4, -0.2) is 10.9 Å². The SMILES string of the molecule is O=C1O[C@H](Nc2ccc(F)cc2[N+](=O)[O-])c2ccccc21. The van der Waals surface area contributed by atoms with E-state index in [4.69, 9.17) is 4.74 Å². The van der Waals surface area contributed by atoms with Crippen LogP contribution < -0.4 is 5.32 Å². The van der Waals surface area contributed by atoms with Gasteiger partial charge >= 0.3 is 5.97 Å². The molecule has 106 valence electrons. The van der Waals surface area contributed by atoms with Gasteiger partial charge in [0.25, 0.3) is 5.69 Å². The summed E-state index contributed by atoms with van der Waals surface area (Å²) in [6.45, 7) is 0. The number of carbonyl (C=O) groups is 1. The summed E-state index contributed by atoms with van der Waals surface area (Å²) in [5, 5.41) is 13.7. The van der Waals surface area contributed by atoms with E-state index >= 15 is 0 Å². The molecule has 0 spiro atoms. The second-order valence-corrected chi connectivity index (χ2v) is 4.44. The molecule has 0 amide bonds. The zero-order valence-corrected chi connectivity index (χ0v) is 10.6. The van der Waals surface area contributed by atoms with Gasteiger partial charge in [-0.1, -0.05) is 18.2 Å². The molecule has 1 aliphatic rings. The van der Waals surface area contributed by atoms with E-state index in [9.17, 15) is 19.3 Å². The first-order valence-corrected chi connectivity index (χ1v) is 6.06. The van der Waals surface area contributed by atoms with Gasteiger partial charge in [0.15, 0.2) is 0 Å². The lowest BCUT2D eigenvalue weighted by Crippen LogP contribution is -2.11. The molecule has 0 aliphatic carbocycles. The van der Waals surface area contributed by atoms with Gasteiger partial charge in [-0.3, -0.25) is 10.1 Å². The summed E-state index contributed by atoms with van der Waals surface area (Å²) in [5.41, 5.74) is 0.646. The number of carbonyl (C=O) groups excluding carboxylic acids is 1. The fourth-order valence-corrected chi connectivity index (χ4v) is 2.17. The Morgan fingerprint density at radius 3 is 2.76 bits per heavy atom. The molecule has 0 fully saturated rings. The largest absolute Gasteiger partial charge is 0.434 e. The average molecular weight is 288 g/mol. The molecule has 21 heavy (non-hydrogen) atoms. The van der Waals surface area contributed by atoms with Gasteiger partial charge in [-0.2, -0.15) is 0 Å². The molecule has 0 aromatic heterocycles. The highest BCUT2D eigenvalue weighted by Gasteiger charge is 2.31. The number of hydrogen-bond donors (Lipinski definition) is 1. The third-order valence-electron chi connectivity index (χ3n) is 3.13. The number of esters is 1. The third kappa shape index (κ3) is 2.29. The Hall–Kier alpha value is -2.96. The van der Waals surface area contributed by atoms with Crippen LogP contribution in [0.3, 0.4) is 0 Å². The minimum atomic E-state index is -0.835. The maximum atomic E-state index is 13.1. The summed E-state index contributed by atoms with van der Waals surface area (Å²) in [6.07, 6.45) is -0.835. The molecule has 1 N–H and O–H groups in total. The molecule has 7 heteroatoms. The molecule has 0 saturated heterocycles. The summed E-state index contributed by atoms with van der Waals surface area (Å²) in [7, 11) is 0. The van der Waals surface area contributed by atoms with Gasteiger partial charge in [-0.25, -0.2) is 9.18 Å². The van der Waals surface area contributed by atoms with Crippen LogP contribution in [0.1, 0.15) is 22.1 Å². The van der Waals surface area contributed by atoms with Crippen molar-refractivity contribution in [1.29, 1.82) is 0 Å². The number of anilines is 1. The van der Waals surface area contributed by atoms with Crippen LogP contribution in [0.5, 0.6) is 0 Å². The zero-order chi connectivity index (χ0) is 15.0. The van der Waals surface area contributed by atoms with Crippen molar-refractivity contribution in [1.82, 2.24) is 0 Å². The molecule has 1 aliphatic heterocycles. The molecule has 0 radical (unpaired) electrons. The summed E-state index contributed by atoms with van der Waals surface area (Å²) in [4.78, 5) is 21.9. The Labute approximate surface area is 118 Å². The molecular weight excluding hydrogens is 279 g/mol. The average Bonchev–Trinajstić information content (AvgIpc) is 2.78. The predicted octanol–water partition coefficient (Wildman–Crippen LogP) is 3.02. The van der Waals surface area contributed by atoms with Gasteiger partial charge in [0.05, 0.1) is 16.6 Å². The second kappa shape index (κ2) is 4.86. The number of nitrogens with one attached hydrogen (secondary N) is 1. The zero-order valence-electron chi connectivity index (χ0n) is 10.6. The van der Waals surface area contributed by atoms with Crippen LogP contribution in [0.15, 0.2) is 42.5 Å². The number of benzene rings is 2. The summed E-state index contributed by atoms with van der Waals surface area (Å²) >= 11 is 0. The standard InChI is InChI=1S/C14H9FN2O4/c15-8-5-6-11(12(7-8)17(19)20)16-13-9-3-1-2-4-10(9)14(18)21-13/h1-7,13,16H/t13-/m0/s1. The van der Waals surface area contributed by atoms with Crippen molar-refractivity contribution < 1.29 is 18.8 Å². The molecule has 3 rings (SSSR count). The van der Waals surface area contributed by atoms with Crippen LogP contribution in [0, 0.1) is 15.9 Å².